The molecule has 0 N–H and O–H groups in total. The number of hydrogen-bond donors (Lipinski definition) is 0. The van der Waals surface area contributed by atoms with E-state index in [1.165, 1.54) is 0 Å². The van der Waals surface area contributed by atoms with Gasteiger partial charge in [0.15, 0.2) is 0 Å². The summed E-state index contributed by atoms with van der Waals surface area (Å²) in [6, 6.07) is 7.32. The van der Waals surface area contributed by atoms with E-state index in [0.29, 0.717) is 36.8 Å². The molecule has 0 radical (unpaired) electrons. The Balaban J connectivity index is 1.52. The highest BCUT2D eigenvalue weighted by Gasteiger charge is 2.43. The van der Waals surface area contributed by atoms with Gasteiger partial charge in [-0.15, -0.1) is 0 Å². The van der Waals surface area contributed by atoms with Gasteiger partial charge in [-0.05, 0) is 32.9 Å². The third-order valence-electron chi connectivity index (χ3n) is 4.57. The molecule has 5 nitrogen and oxygen atoms in total. The van der Waals surface area contributed by atoms with Gasteiger partial charge in [-0.25, -0.2) is 0 Å². The van der Waals surface area contributed by atoms with Crippen LogP contribution in [0.1, 0.15) is 27.2 Å². The molecular formula is C18H23ClN2O3. The molecule has 3 rings (SSSR count). The fourth-order valence-electron chi connectivity index (χ4n) is 3.19. The fourth-order valence-corrected chi connectivity index (χ4v) is 3.37. The first-order valence-corrected chi connectivity index (χ1v) is 8.64. The van der Waals surface area contributed by atoms with Crippen LogP contribution >= 0.6 is 11.6 Å². The number of halogens is 1. The lowest BCUT2D eigenvalue weighted by molar-refractivity contribution is -0.144. The molecule has 2 aliphatic rings. The number of benzene rings is 1. The highest BCUT2D eigenvalue weighted by molar-refractivity contribution is 6.32. The number of likely N-dealkylation sites (tertiary alicyclic amines) is 2. The van der Waals surface area contributed by atoms with Gasteiger partial charge < -0.3 is 14.5 Å². The van der Waals surface area contributed by atoms with Crippen molar-refractivity contribution in [3.05, 3.63) is 29.3 Å². The number of para-hydroxylation sites is 1. The average molecular weight is 351 g/mol. The van der Waals surface area contributed by atoms with Crippen molar-refractivity contribution in [1.29, 1.82) is 0 Å². The van der Waals surface area contributed by atoms with Crippen molar-refractivity contribution in [3.63, 3.8) is 0 Å². The van der Waals surface area contributed by atoms with Crippen LogP contribution in [0.2, 0.25) is 5.02 Å². The zero-order chi connectivity index (χ0) is 17.5. The van der Waals surface area contributed by atoms with Gasteiger partial charge >= 0.3 is 0 Å². The van der Waals surface area contributed by atoms with E-state index >= 15 is 0 Å². The minimum absolute atomic E-state index is 0.0373. The summed E-state index contributed by atoms with van der Waals surface area (Å²) in [5, 5.41) is 0.574. The van der Waals surface area contributed by atoms with E-state index in [1.807, 2.05) is 39.0 Å². The fraction of sp³-hybridized carbons (Fsp3) is 0.556. The highest BCUT2D eigenvalue weighted by Crippen LogP contribution is 2.30. The van der Waals surface area contributed by atoms with Gasteiger partial charge in [0.05, 0.1) is 24.0 Å². The van der Waals surface area contributed by atoms with Crippen molar-refractivity contribution in [2.45, 2.75) is 38.8 Å². The normalized spacial score (nSPS) is 21.8. The molecule has 130 valence electrons. The summed E-state index contributed by atoms with van der Waals surface area (Å²) in [6.45, 7) is 7.58. The van der Waals surface area contributed by atoms with Crippen molar-refractivity contribution in [2.75, 3.05) is 19.6 Å². The summed E-state index contributed by atoms with van der Waals surface area (Å²) in [6.07, 6.45) is 0.271. The van der Waals surface area contributed by atoms with Crippen LogP contribution in [-0.4, -0.2) is 52.9 Å². The van der Waals surface area contributed by atoms with E-state index in [-0.39, 0.29) is 29.4 Å². The van der Waals surface area contributed by atoms with Gasteiger partial charge in [0.1, 0.15) is 11.9 Å². The molecule has 0 aliphatic carbocycles. The maximum absolute atomic E-state index is 12.6. The van der Waals surface area contributed by atoms with E-state index in [2.05, 4.69) is 0 Å². The molecule has 6 heteroatoms. The van der Waals surface area contributed by atoms with Crippen LogP contribution in [0.4, 0.5) is 0 Å². The number of nitrogens with zero attached hydrogens (tertiary/aromatic N) is 2. The van der Waals surface area contributed by atoms with Crippen LogP contribution in [-0.2, 0) is 9.59 Å². The van der Waals surface area contributed by atoms with Crippen LogP contribution in [0.3, 0.4) is 0 Å². The Hall–Kier alpha value is -1.75. The van der Waals surface area contributed by atoms with Crippen molar-refractivity contribution in [3.8, 4) is 5.75 Å². The predicted molar refractivity (Wildman–Crippen MR) is 92.0 cm³/mol. The maximum Gasteiger partial charge on any atom is 0.228 e. The van der Waals surface area contributed by atoms with E-state index < -0.39 is 0 Å². The minimum atomic E-state index is -0.239. The Kier molecular flexibility index (Phi) is 4.47. The monoisotopic (exact) mass is 350 g/mol. The summed E-state index contributed by atoms with van der Waals surface area (Å²) in [5.41, 5.74) is -0.239. The van der Waals surface area contributed by atoms with Gasteiger partial charge in [0.25, 0.3) is 0 Å². The molecule has 24 heavy (non-hydrogen) atoms. The zero-order valence-corrected chi connectivity index (χ0v) is 15.0. The summed E-state index contributed by atoms with van der Waals surface area (Å²) < 4.78 is 5.82. The second-order valence-corrected chi connectivity index (χ2v) is 7.90. The van der Waals surface area contributed by atoms with Crippen LogP contribution in [0.15, 0.2) is 24.3 Å². The number of ether oxygens (including phenoxy) is 1. The molecule has 2 amide bonds. The third-order valence-corrected chi connectivity index (χ3v) is 4.89. The Morgan fingerprint density at radius 1 is 1.21 bits per heavy atom. The molecule has 2 fully saturated rings. The van der Waals surface area contributed by atoms with E-state index in [0.717, 1.165) is 0 Å². The smallest absolute Gasteiger partial charge is 0.228 e. The molecule has 0 bridgehead atoms. The number of amides is 2. The van der Waals surface area contributed by atoms with E-state index in [1.54, 1.807) is 15.9 Å². The van der Waals surface area contributed by atoms with Crippen LogP contribution < -0.4 is 4.74 Å². The molecule has 1 atom stereocenters. The van der Waals surface area contributed by atoms with E-state index in [9.17, 15) is 9.59 Å². The summed E-state index contributed by atoms with van der Waals surface area (Å²) >= 11 is 6.08. The van der Waals surface area contributed by atoms with Crippen molar-refractivity contribution in [1.82, 2.24) is 9.80 Å². The zero-order valence-electron chi connectivity index (χ0n) is 14.3. The van der Waals surface area contributed by atoms with Crippen LogP contribution in [0, 0.1) is 5.92 Å². The van der Waals surface area contributed by atoms with Gasteiger partial charge in [0.2, 0.25) is 11.8 Å². The lowest BCUT2D eigenvalue weighted by atomic mass is 10.0. The first-order valence-electron chi connectivity index (χ1n) is 8.26. The van der Waals surface area contributed by atoms with Gasteiger partial charge in [-0.1, -0.05) is 23.7 Å². The van der Waals surface area contributed by atoms with Gasteiger partial charge in [-0.2, -0.15) is 0 Å². The lowest BCUT2D eigenvalue weighted by Crippen LogP contribution is -2.58. The average Bonchev–Trinajstić information content (AvgIpc) is 2.85. The Labute approximate surface area is 147 Å². The SMILES string of the molecule is CC(C)(C)N1C[C@@H](C(=O)N2CC(Oc3ccccc3Cl)C2)CC1=O. The molecule has 0 aromatic heterocycles. The molecule has 2 aliphatic heterocycles. The number of carbonyl (C=O) groups excluding carboxylic acids is 2. The first-order chi connectivity index (χ1) is 11.3. The first kappa shape index (κ1) is 17.1. The Bertz CT molecular complexity index is 650. The largest absolute Gasteiger partial charge is 0.485 e. The van der Waals surface area contributed by atoms with Gasteiger partial charge in [-0.3, -0.25) is 9.59 Å². The van der Waals surface area contributed by atoms with Crippen molar-refractivity contribution < 1.29 is 14.3 Å². The minimum Gasteiger partial charge on any atom is -0.485 e. The molecule has 2 saturated heterocycles. The maximum atomic E-state index is 12.6. The lowest BCUT2D eigenvalue weighted by Gasteiger charge is -2.40. The Morgan fingerprint density at radius 2 is 1.88 bits per heavy atom. The number of hydrogen-bond acceptors (Lipinski definition) is 3. The molecule has 2 heterocycles. The quantitative estimate of drug-likeness (QED) is 0.841. The highest BCUT2D eigenvalue weighted by atomic mass is 35.5. The number of carbonyl (C=O) groups is 2. The van der Waals surface area contributed by atoms with Crippen molar-refractivity contribution in [2.24, 2.45) is 5.92 Å². The summed E-state index contributed by atoms with van der Waals surface area (Å²) in [4.78, 5) is 28.3. The second kappa shape index (κ2) is 6.28. The molecule has 0 spiro atoms. The molecule has 0 unspecified atom stereocenters. The number of rotatable bonds is 3. The van der Waals surface area contributed by atoms with Crippen molar-refractivity contribution >= 4 is 23.4 Å². The molecule has 1 aromatic carbocycles. The predicted octanol–water partition coefficient (Wildman–Crippen LogP) is 2.58. The summed E-state index contributed by atoms with van der Waals surface area (Å²) in [5.74, 6) is 0.517. The third kappa shape index (κ3) is 3.36. The van der Waals surface area contributed by atoms with Crippen LogP contribution in [0.25, 0.3) is 0 Å². The Morgan fingerprint density at radius 3 is 2.46 bits per heavy atom. The molecular weight excluding hydrogens is 328 g/mol. The topological polar surface area (TPSA) is 49.9 Å². The standard InChI is InChI=1S/C18H23ClN2O3/c1-18(2,3)21-9-12(8-16(21)22)17(23)20-10-13(11-20)24-15-7-5-4-6-14(15)19/h4-7,12-13H,8-11H2,1-3H3/t12-/m0/s1. The van der Waals surface area contributed by atoms with E-state index in [4.69, 9.17) is 16.3 Å². The second-order valence-electron chi connectivity index (χ2n) is 7.49. The molecule has 0 saturated carbocycles. The van der Waals surface area contributed by atoms with Crippen LogP contribution in [0.5, 0.6) is 5.75 Å². The summed E-state index contributed by atoms with van der Waals surface area (Å²) in [7, 11) is 0. The van der Waals surface area contributed by atoms with Gasteiger partial charge in [0, 0.05) is 18.5 Å². The molecule has 1 aromatic rings.